The highest BCUT2D eigenvalue weighted by molar-refractivity contribution is 5.79. The monoisotopic (exact) mass is 441 g/mol. The summed E-state index contributed by atoms with van der Waals surface area (Å²) < 4.78 is 11.5. The van der Waals surface area contributed by atoms with Crippen molar-refractivity contribution in [1.29, 1.82) is 0 Å². The topological polar surface area (TPSA) is 54.0 Å². The van der Waals surface area contributed by atoms with Crippen LogP contribution in [0.25, 0.3) is 0 Å². The van der Waals surface area contributed by atoms with Crippen LogP contribution in [0.15, 0.2) is 18.2 Å². The van der Waals surface area contributed by atoms with Crippen LogP contribution in [-0.2, 0) is 11.2 Å². The van der Waals surface area contributed by atoms with E-state index in [2.05, 4.69) is 27.2 Å². The first-order valence-corrected chi connectivity index (χ1v) is 12.9. The molecule has 2 atom stereocenters. The largest absolute Gasteiger partial charge is 0.486 e. The number of hydrogen-bond donors (Lipinski definition) is 1. The average Bonchev–Trinajstić information content (AvgIpc) is 3.52. The minimum absolute atomic E-state index is 0.131. The summed E-state index contributed by atoms with van der Waals surface area (Å²) in [6, 6.07) is 7.07. The molecule has 6 nitrogen and oxygen atoms in total. The van der Waals surface area contributed by atoms with Crippen molar-refractivity contribution in [3.8, 4) is 11.5 Å². The fraction of sp³-hybridized carbons (Fsp3) is 0.731. The first-order valence-electron chi connectivity index (χ1n) is 12.9. The normalized spacial score (nSPS) is 25.7. The number of nitrogens with one attached hydrogen (secondary N) is 1. The van der Waals surface area contributed by atoms with E-state index in [9.17, 15) is 4.79 Å². The molecule has 1 aromatic carbocycles. The number of nitrogens with zero attached hydrogens (tertiary/aromatic N) is 2. The Morgan fingerprint density at radius 3 is 2.56 bits per heavy atom. The molecule has 1 N–H and O–H groups in total. The maximum Gasteiger partial charge on any atom is 0.224 e. The number of likely N-dealkylation sites (tertiary alicyclic amines) is 2. The molecule has 4 aliphatic rings. The Morgan fingerprint density at radius 2 is 1.75 bits per heavy atom. The van der Waals surface area contributed by atoms with Crippen molar-refractivity contribution < 1.29 is 14.3 Å². The van der Waals surface area contributed by atoms with Gasteiger partial charge in [0.2, 0.25) is 5.91 Å². The van der Waals surface area contributed by atoms with E-state index in [1.165, 1.54) is 50.5 Å². The maximum atomic E-state index is 13.3. The van der Waals surface area contributed by atoms with Crippen molar-refractivity contribution >= 4 is 5.91 Å². The van der Waals surface area contributed by atoms with Crippen LogP contribution < -0.4 is 14.8 Å². The van der Waals surface area contributed by atoms with Crippen LogP contribution in [0.1, 0.15) is 56.9 Å². The molecule has 176 valence electrons. The second-order valence-corrected chi connectivity index (χ2v) is 10.2. The lowest BCUT2D eigenvalue weighted by Crippen LogP contribution is -2.47. The van der Waals surface area contributed by atoms with Crippen LogP contribution in [0.4, 0.5) is 0 Å². The van der Waals surface area contributed by atoms with Gasteiger partial charge in [0, 0.05) is 25.2 Å². The van der Waals surface area contributed by atoms with Gasteiger partial charge in [0.25, 0.3) is 0 Å². The molecule has 3 fully saturated rings. The summed E-state index contributed by atoms with van der Waals surface area (Å²) in [4.78, 5) is 18.4. The van der Waals surface area contributed by atoms with Crippen molar-refractivity contribution in [1.82, 2.24) is 15.1 Å². The summed E-state index contributed by atoms with van der Waals surface area (Å²) >= 11 is 0. The van der Waals surface area contributed by atoms with E-state index >= 15 is 0 Å². The lowest BCUT2D eigenvalue weighted by Gasteiger charge is -2.31. The van der Waals surface area contributed by atoms with Crippen LogP contribution in [0.3, 0.4) is 0 Å². The third-order valence-electron chi connectivity index (χ3n) is 7.79. The van der Waals surface area contributed by atoms with Crippen LogP contribution in [0.2, 0.25) is 0 Å². The Kier molecular flexibility index (Phi) is 7.18. The molecule has 0 spiro atoms. The second kappa shape index (κ2) is 10.4. The van der Waals surface area contributed by atoms with Crippen LogP contribution in [-0.4, -0.2) is 73.7 Å². The molecular weight excluding hydrogens is 402 g/mol. The number of fused-ring (bicyclic) bond motifs is 1. The molecular formula is C26H39N3O3. The van der Waals surface area contributed by atoms with Gasteiger partial charge in [0.05, 0.1) is 5.92 Å². The number of ether oxygens (including phenoxy) is 2. The van der Waals surface area contributed by atoms with Gasteiger partial charge in [0.15, 0.2) is 11.5 Å². The molecule has 6 heteroatoms. The molecule has 5 rings (SSSR count). The molecule has 1 aromatic rings. The van der Waals surface area contributed by atoms with E-state index in [4.69, 9.17) is 9.47 Å². The van der Waals surface area contributed by atoms with Crippen LogP contribution in [0, 0.1) is 5.92 Å². The van der Waals surface area contributed by atoms with Gasteiger partial charge in [-0.15, -0.1) is 0 Å². The molecule has 1 saturated carbocycles. The molecule has 32 heavy (non-hydrogen) atoms. The smallest absolute Gasteiger partial charge is 0.224 e. The van der Waals surface area contributed by atoms with Crippen molar-refractivity contribution in [2.45, 2.75) is 69.9 Å². The zero-order valence-electron chi connectivity index (χ0n) is 19.4. The summed E-state index contributed by atoms with van der Waals surface area (Å²) in [5.41, 5.74) is 1.20. The van der Waals surface area contributed by atoms with E-state index in [0.717, 1.165) is 57.1 Å². The molecule has 1 unspecified atom stereocenters. The summed E-state index contributed by atoms with van der Waals surface area (Å²) in [5, 5.41) is 3.46. The molecule has 3 aliphatic heterocycles. The molecule has 3 heterocycles. The predicted octanol–water partition coefficient (Wildman–Crippen LogP) is 3.24. The highest BCUT2D eigenvalue weighted by Gasteiger charge is 2.34. The summed E-state index contributed by atoms with van der Waals surface area (Å²) in [5.74, 6) is 2.05. The molecule has 1 aliphatic carbocycles. The Labute approximate surface area is 192 Å². The number of carbonyl (C=O) groups is 1. The van der Waals surface area contributed by atoms with Crippen molar-refractivity contribution in [3.63, 3.8) is 0 Å². The number of carbonyl (C=O) groups excluding carboxylic acids is 1. The zero-order valence-corrected chi connectivity index (χ0v) is 19.4. The molecule has 0 bridgehead atoms. The number of rotatable bonds is 7. The predicted molar refractivity (Wildman–Crippen MR) is 125 cm³/mol. The zero-order chi connectivity index (χ0) is 21.8. The molecule has 1 amide bonds. The van der Waals surface area contributed by atoms with E-state index in [-0.39, 0.29) is 17.9 Å². The first kappa shape index (κ1) is 22.0. The molecule has 0 radical (unpaired) electrons. The minimum Gasteiger partial charge on any atom is -0.486 e. The van der Waals surface area contributed by atoms with Crippen molar-refractivity contribution in [2.75, 3.05) is 45.9 Å². The number of amides is 1. The van der Waals surface area contributed by atoms with Gasteiger partial charge in [-0.25, -0.2) is 0 Å². The number of benzene rings is 1. The maximum absolute atomic E-state index is 13.3. The van der Waals surface area contributed by atoms with Gasteiger partial charge >= 0.3 is 0 Å². The summed E-state index contributed by atoms with van der Waals surface area (Å²) in [6.07, 6.45) is 11.1. The lowest BCUT2D eigenvalue weighted by molar-refractivity contribution is -0.125. The Balaban J connectivity index is 1.21. The van der Waals surface area contributed by atoms with Gasteiger partial charge in [-0.1, -0.05) is 25.3 Å². The first-order chi connectivity index (χ1) is 15.7. The quantitative estimate of drug-likeness (QED) is 0.704. The summed E-state index contributed by atoms with van der Waals surface area (Å²) in [7, 11) is 0. The van der Waals surface area contributed by atoms with Crippen LogP contribution >= 0.6 is 0 Å². The fourth-order valence-corrected chi connectivity index (χ4v) is 6.04. The Bertz CT molecular complexity index is 774. The Hall–Kier alpha value is -1.79. The molecule has 2 saturated heterocycles. The minimum atomic E-state index is 0.131. The van der Waals surface area contributed by atoms with Gasteiger partial charge in [-0.05, 0) is 75.9 Å². The van der Waals surface area contributed by atoms with E-state index in [0.29, 0.717) is 19.3 Å². The van der Waals surface area contributed by atoms with E-state index in [1.54, 1.807) is 0 Å². The fourth-order valence-electron chi connectivity index (χ4n) is 6.04. The number of hydrogen-bond acceptors (Lipinski definition) is 5. The van der Waals surface area contributed by atoms with Crippen molar-refractivity contribution in [2.24, 2.45) is 5.92 Å². The second-order valence-electron chi connectivity index (χ2n) is 10.2. The Morgan fingerprint density at radius 1 is 0.969 bits per heavy atom. The standard InChI is InChI=1S/C26H39N3O3/c30-26(21-10-13-29(18-21)23-6-2-1-3-7-23)27-22(19-28-11-4-5-12-28)16-20-8-9-24-25(17-20)32-15-14-31-24/h8-9,17,21-23H,1-7,10-16,18-19H2,(H,27,30)/t21?,22-/m0/s1. The molecule has 0 aromatic heterocycles. The van der Waals surface area contributed by atoms with E-state index < -0.39 is 0 Å². The van der Waals surface area contributed by atoms with E-state index in [1.807, 2.05) is 6.07 Å². The third kappa shape index (κ3) is 5.40. The highest BCUT2D eigenvalue weighted by Crippen LogP contribution is 2.31. The van der Waals surface area contributed by atoms with Gasteiger partial charge < -0.3 is 19.7 Å². The lowest BCUT2D eigenvalue weighted by atomic mass is 9.94. The SMILES string of the molecule is O=C(N[C@@H](Cc1ccc2c(c1)OCCO2)CN1CCCC1)C1CCN(C2CCCCC2)C1. The van der Waals surface area contributed by atoms with Gasteiger partial charge in [-0.3, -0.25) is 9.69 Å². The highest BCUT2D eigenvalue weighted by atomic mass is 16.6. The van der Waals surface area contributed by atoms with Gasteiger partial charge in [0.1, 0.15) is 13.2 Å². The third-order valence-corrected chi connectivity index (χ3v) is 7.79. The summed E-state index contributed by atoms with van der Waals surface area (Å²) in [6.45, 7) is 6.46. The van der Waals surface area contributed by atoms with Crippen LogP contribution in [0.5, 0.6) is 11.5 Å². The average molecular weight is 442 g/mol. The van der Waals surface area contributed by atoms with Crippen molar-refractivity contribution in [3.05, 3.63) is 23.8 Å². The van der Waals surface area contributed by atoms with Gasteiger partial charge in [-0.2, -0.15) is 0 Å².